The Bertz CT molecular complexity index is 1170. The van der Waals surface area contributed by atoms with Gasteiger partial charge in [-0.25, -0.2) is 0 Å². The summed E-state index contributed by atoms with van der Waals surface area (Å²) in [5.74, 6) is -2.12. The second kappa shape index (κ2) is 9.48. The van der Waals surface area contributed by atoms with E-state index >= 15 is 0 Å². The molecule has 2 aromatic rings. The van der Waals surface area contributed by atoms with Crippen molar-refractivity contribution >= 4 is 40.7 Å². The number of hydrogen-bond donors (Lipinski definition) is 2. The fourth-order valence-corrected chi connectivity index (χ4v) is 3.17. The molecule has 0 unspecified atom stereocenters. The van der Waals surface area contributed by atoms with Crippen LogP contribution in [0.5, 0.6) is 0 Å². The summed E-state index contributed by atoms with van der Waals surface area (Å²) in [5, 5.41) is 24.7. The molecular weight excluding hydrogens is 418 g/mol. The molecule has 0 saturated heterocycles. The van der Waals surface area contributed by atoms with Gasteiger partial charge in [0.15, 0.2) is 0 Å². The molecular formula is C21H17N5O6. The monoisotopic (exact) mass is 435 g/mol. The topological polar surface area (TPSA) is 163 Å². The van der Waals surface area contributed by atoms with Gasteiger partial charge in [0, 0.05) is 25.1 Å². The highest BCUT2D eigenvalue weighted by molar-refractivity contribution is 6.21. The van der Waals surface area contributed by atoms with Crippen LogP contribution in [0.3, 0.4) is 0 Å². The summed E-state index contributed by atoms with van der Waals surface area (Å²) in [6.07, 6.45) is -0.178. The zero-order valence-corrected chi connectivity index (χ0v) is 16.7. The van der Waals surface area contributed by atoms with Crippen LogP contribution in [-0.2, 0) is 9.59 Å². The Labute approximate surface area is 181 Å². The summed E-state index contributed by atoms with van der Waals surface area (Å²) in [7, 11) is 0. The van der Waals surface area contributed by atoms with Gasteiger partial charge < -0.3 is 10.6 Å². The third kappa shape index (κ3) is 4.76. The van der Waals surface area contributed by atoms with Crippen molar-refractivity contribution in [3.8, 4) is 6.07 Å². The van der Waals surface area contributed by atoms with Crippen molar-refractivity contribution in [1.29, 1.82) is 5.26 Å². The highest BCUT2D eigenvalue weighted by atomic mass is 16.6. The van der Waals surface area contributed by atoms with Crippen molar-refractivity contribution in [3.05, 3.63) is 63.7 Å². The van der Waals surface area contributed by atoms with E-state index in [2.05, 4.69) is 10.6 Å². The molecule has 0 fully saturated rings. The number of non-ortho nitro benzene ring substituents is 1. The number of nitriles is 1. The summed E-state index contributed by atoms with van der Waals surface area (Å²) in [4.78, 5) is 60.0. The molecule has 1 heterocycles. The van der Waals surface area contributed by atoms with Crippen LogP contribution in [0.25, 0.3) is 0 Å². The molecule has 11 nitrogen and oxygen atoms in total. The largest absolute Gasteiger partial charge is 0.324 e. The lowest BCUT2D eigenvalue weighted by atomic mass is 10.1. The molecule has 0 aliphatic carbocycles. The summed E-state index contributed by atoms with van der Waals surface area (Å²) in [6.45, 7) is -0.0336. The Balaban J connectivity index is 1.57. The molecule has 0 radical (unpaired) electrons. The van der Waals surface area contributed by atoms with E-state index in [4.69, 9.17) is 5.26 Å². The molecule has 11 heteroatoms. The molecule has 2 aromatic carbocycles. The fourth-order valence-electron chi connectivity index (χ4n) is 3.17. The summed E-state index contributed by atoms with van der Waals surface area (Å²) in [5.41, 5.74) is 0.453. The lowest BCUT2D eigenvalue weighted by Crippen LogP contribution is -2.31. The van der Waals surface area contributed by atoms with Gasteiger partial charge in [0.1, 0.15) is 6.42 Å². The third-order valence-corrected chi connectivity index (χ3v) is 4.67. The Morgan fingerprint density at radius 1 is 1.00 bits per heavy atom. The number of anilines is 2. The van der Waals surface area contributed by atoms with Gasteiger partial charge in [-0.1, -0.05) is 12.1 Å². The number of nitro groups is 1. The molecule has 2 N–H and O–H groups in total. The minimum Gasteiger partial charge on any atom is -0.324 e. The predicted octanol–water partition coefficient (Wildman–Crippen LogP) is 2.46. The molecule has 1 aliphatic heterocycles. The first-order valence-electron chi connectivity index (χ1n) is 9.52. The van der Waals surface area contributed by atoms with Crippen molar-refractivity contribution in [2.24, 2.45) is 0 Å². The normalized spacial score (nSPS) is 12.2. The minimum absolute atomic E-state index is 0.0198. The molecule has 4 amide bonds. The molecule has 32 heavy (non-hydrogen) atoms. The fraction of sp³-hybridized carbons (Fsp3) is 0.190. The predicted molar refractivity (Wildman–Crippen MR) is 112 cm³/mol. The molecule has 0 bridgehead atoms. The van der Waals surface area contributed by atoms with Gasteiger partial charge in [-0.15, -0.1) is 0 Å². The molecule has 0 aromatic heterocycles. The van der Waals surface area contributed by atoms with E-state index in [-0.39, 0.29) is 42.6 Å². The SMILES string of the molecule is N#CCC(=O)Nc1ccccc1NC(=O)CCCN1C(=O)c2ccc([N+](=O)[O-])cc2C1=O. The van der Waals surface area contributed by atoms with E-state index < -0.39 is 28.6 Å². The standard InChI is InChI=1S/C21H17N5O6/c22-10-9-19(28)24-17-5-2-1-4-16(17)23-18(27)6-3-11-25-20(29)14-8-7-13(26(31)32)12-15(14)21(25)30/h1-2,4-5,7-8,12H,3,6,9,11H2,(H,23,27)(H,24,28). The first-order chi connectivity index (χ1) is 15.3. The van der Waals surface area contributed by atoms with Crippen molar-refractivity contribution < 1.29 is 24.1 Å². The van der Waals surface area contributed by atoms with Crippen LogP contribution in [0.1, 0.15) is 40.0 Å². The molecule has 3 rings (SSSR count). The zero-order chi connectivity index (χ0) is 23.3. The van der Waals surface area contributed by atoms with Crippen LogP contribution in [0, 0.1) is 21.4 Å². The number of nitrogens with one attached hydrogen (secondary N) is 2. The second-order valence-corrected chi connectivity index (χ2v) is 6.83. The number of carbonyl (C=O) groups is 4. The number of hydrogen-bond acceptors (Lipinski definition) is 7. The lowest BCUT2D eigenvalue weighted by molar-refractivity contribution is -0.384. The summed E-state index contributed by atoms with van der Waals surface area (Å²) in [6, 6.07) is 11.7. The van der Waals surface area contributed by atoms with Gasteiger partial charge in [-0.3, -0.25) is 34.2 Å². The van der Waals surface area contributed by atoms with Crippen LogP contribution in [0.4, 0.5) is 17.1 Å². The quantitative estimate of drug-likeness (QED) is 0.365. The average molecular weight is 435 g/mol. The van der Waals surface area contributed by atoms with Crippen LogP contribution >= 0.6 is 0 Å². The van der Waals surface area contributed by atoms with Gasteiger partial charge >= 0.3 is 0 Å². The number of nitro benzene ring substituents is 1. The highest BCUT2D eigenvalue weighted by Crippen LogP contribution is 2.27. The van der Waals surface area contributed by atoms with Crippen LogP contribution in [-0.4, -0.2) is 40.0 Å². The van der Waals surface area contributed by atoms with Gasteiger partial charge in [0.2, 0.25) is 11.8 Å². The number of benzene rings is 2. The van der Waals surface area contributed by atoms with Crippen LogP contribution in [0.2, 0.25) is 0 Å². The van der Waals surface area contributed by atoms with Crippen molar-refractivity contribution in [2.45, 2.75) is 19.3 Å². The van der Waals surface area contributed by atoms with Crippen molar-refractivity contribution in [1.82, 2.24) is 4.90 Å². The molecule has 0 saturated carbocycles. The molecule has 162 valence electrons. The number of para-hydroxylation sites is 2. The first-order valence-corrected chi connectivity index (χ1v) is 9.52. The molecule has 0 atom stereocenters. The maximum absolute atomic E-state index is 12.5. The van der Waals surface area contributed by atoms with E-state index in [0.717, 1.165) is 17.0 Å². The lowest BCUT2D eigenvalue weighted by Gasteiger charge is -2.14. The van der Waals surface area contributed by atoms with E-state index in [9.17, 15) is 29.3 Å². The zero-order valence-electron chi connectivity index (χ0n) is 16.7. The molecule has 1 aliphatic rings. The Morgan fingerprint density at radius 2 is 1.62 bits per heavy atom. The van der Waals surface area contributed by atoms with E-state index in [0.29, 0.717) is 11.4 Å². The highest BCUT2D eigenvalue weighted by Gasteiger charge is 2.36. The Morgan fingerprint density at radius 3 is 2.25 bits per heavy atom. The van der Waals surface area contributed by atoms with E-state index in [1.54, 1.807) is 30.3 Å². The van der Waals surface area contributed by atoms with Gasteiger partial charge in [-0.05, 0) is 24.6 Å². The van der Waals surface area contributed by atoms with E-state index in [1.165, 1.54) is 6.07 Å². The third-order valence-electron chi connectivity index (χ3n) is 4.67. The van der Waals surface area contributed by atoms with Gasteiger partial charge in [0.05, 0.1) is 33.5 Å². The smallest absolute Gasteiger partial charge is 0.270 e. The van der Waals surface area contributed by atoms with Crippen LogP contribution < -0.4 is 10.6 Å². The van der Waals surface area contributed by atoms with Crippen LogP contribution in [0.15, 0.2) is 42.5 Å². The molecule has 0 spiro atoms. The van der Waals surface area contributed by atoms with Gasteiger partial charge in [0.25, 0.3) is 17.5 Å². The van der Waals surface area contributed by atoms with Gasteiger partial charge in [-0.2, -0.15) is 5.26 Å². The average Bonchev–Trinajstić information content (AvgIpc) is 2.99. The Kier molecular flexibility index (Phi) is 6.55. The maximum atomic E-state index is 12.5. The number of imide groups is 1. The van der Waals surface area contributed by atoms with Crippen molar-refractivity contribution in [3.63, 3.8) is 0 Å². The number of amides is 4. The maximum Gasteiger partial charge on any atom is 0.270 e. The summed E-state index contributed by atoms with van der Waals surface area (Å²) < 4.78 is 0. The number of carbonyl (C=O) groups excluding carboxylic acids is 4. The number of rotatable bonds is 8. The first kappa shape index (κ1) is 22.1. The summed E-state index contributed by atoms with van der Waals surface area (Å²) >= 11 is 0. The van der Waals surface area contributed by atoms with E-state index in [1.807, 2.05) is 0 Å². The Hall–Kier alpha value is -4.59. The second-order valence-electron chi connectivity index (χ2n) is 6.83. The minimum atomic E-state index is -0.647. The number of nitrogens with zero attached hydrogens (tertiary/aromatic N) is 3. The van der Waals surface area contributed by atoms with Crippen molar-refractivity contribution in [2.75, 3.05) is 17.2 Å². The number of fused-ring (bicyclic) bond motifs is 1.